The van der Waals surface area contributed by atoms with Crippen molar-refractivity contribution in [1.82, 2.24) is 9.97 Å². The molecule has 4 aromatic rings. The highest BCUT2D eigenvalue weighted by Crippen LogP contribution is 2.34. The van der Waals surface area contributed by atoms with Crippen LogP contribution in [0.1, 0.15) is 0 Å². The summed E-state index contributed by atoms with van der Waals surface area (Å²) in [5.41, 5.74) is 4.57. The maximum Gasteiger partial charge on any atom is 0.227 e. The molecule has 0 aliphatic rings. The maximum atomic E-state index is 5.82. The largest absolute Gasteiger partial charge is 0.496 e. The summed E-state index contributed by atoms with van der Waals surface area (Å²) in [5, 5.41) is 0. The van der Waals surface area contributed by atoms with Crippen LogP contribution >= 0.6 is 0 Å². The minimum atomic E-state index is 0.589. The van der Waals surface area contributed by atoms with Gasteiger partial charge in [0.2, 0.25) is 5.89 Å². The molecule has 0 N–H and O–H groups in total. The Labute approximate surface area is 133 Å². The predicted molar refractivity (Wildman–Crippen MR) is 89.2 cm³/mol. The Morgan fingerprint density at radius 1 is 0.913 bits per heavy atom. The van der Waals surface area contributed by atoms with Gasteiger partial charge in [0.1, 0.15) is 11.3 Å². The third-order valence-electron chi connectivity index (χ3n) is 3.73. The fraction of sp³-hybridized carbons (Fsp3) is 0.0526. The van der Waals surface area contributed by atoms with Gasteiger partial charge in [-0.1, -0.05) is 12.1 Å². The standard InChI is InChI=1S/C19H14N2O2/c1-22-18-12-14(6-7-15(18)13-8-10-20-11-9-13)19-21-16-4-2-3-5-17(16)23-19/h2-12H,1H3. The van der Waals surface area contributed by atoms with Crippen molar-refractivity contribution in [3.63, 3.8) is 0 Å². The lowest BCUT2D eigenvalue weighted by Crippen LogP contribution is -1.89. The van der Waals surface area contributed by atoms with Crippen LogP contribution in [-0.2, 0) is 0 Å². The number of hydrogen-bond acceptors (Lipinski definition) is 4. The quantitative estimate of drug-likeness (QED) is 0.556. The summed E-state index contributed by atoms with van der Waals surface area (Å²) >= 11 is 0. The number of aromatic nitrogens is 2. The number of methoxy groups -OCH3 is 1. The number of hydrogen-bond donors (Lipinski definition) is 0. The summed E-state index contributed by atoms with van der Waals surface area (Å²) in [7, 11) is 1.66. The molecule has 112 valence electrons. The Bertz CT molecular complexity index is 928. The zero-order valence-electron chi connectivity index (χ0n) is 12.6. The van der Waals surface area contributed by atoms with E-state index in [1.807, 2.05) is 54.6 Å². The lowest BCUT2D eigenvalue weighted by Gasteiger charge is -2.09. The Hall–Kier alpha value is -3.14. The van der Waals surface area contributed by atoms with E-state index in [1.165, 1.54) is 0 Å². The number of ether oxygens (including phenoxy) is 1. The highest BCUT2D eigenvalue weighted by molar-refractivity contribution is 5.78. The fourth-order valence-corrected chi connectivity index (χ4v) is 2.59. The van der Waals surface area contributed by atoms with Crippen molar-refractivity contribution < 1.29 is 9.15 Å². The molecule has 4 rings (SSSR count). The Morgan fingerprint density at radius 3 is 2.52 bits per heavy atom. The molecule has 4 heteroatoms. The summed E-state index contributed by atoms with van der Waals surface area (Å²) in [6.45, 7) is 0. The summed E-state index contributed by atoms with van der Waals surface area (Å²) in [5.74, 6) is 1.36. The van der Waals surface area contributed by atoms with Gasteiger partial charge in [0.15, 0.2) is 5.58 Å². The average Bonchev–Trinajstić information content (AvgIpc) is 3.06. The monoisotopic (exact) mass is 302 g/mol. The van der Waals surface area contributed by atoms with Crippen LogP contribution < -0.4 is 4.74 Å². The number of oxazole rings is 1. The Kier molecular flexibility index (Phi) is 3.27. The zero-order chi connectivity index (χ0) is 15.6. The lowest BCUT2D eigenvalue weighted by atomic mass is 10.0. The highest BCUT2D eigenvalue weighted by Gasteiger charge is 2.12. The predicted octanol–water partition coefficient (Wildman–Crippen LogP) is 4.57. The minimum Gasteiger partial charge on any atom is -0.496 e. The van der Waals surface area contributed by atoms with Gasteiger partial charge in [-0.25, -0.2) is 4.98 Å². The van der Waals surface area contributed by atoms with E-state index in [2.05, 4.69) is 9.97 Å². The SMILES string of the molecule is COc1cc(-c2nc3ccccc3o2)ccc1-c1ccncc1. The van der Waals surface area contributed by atoms with Crippen LogP contribution in [0.15, 0.2) is 71.4 Å². The minimum absolute atomic E-state index is 0.589. The molecule has 0 amide bonds. The molecule has 0 unspecified atom stereocenters. The molecule has 0 bridgehead atoms. The molecule has 0 atom stereocenters. The van der Waals surface area contributed by atoms with E-state index in [9.17, 15) is 0 Å². The summed E-state index contributed by atoms with van der Waals surface area (Å²) < 4.78 is 11.4. The first-order chi connectivity index (χ1) is 11.3. The Balaban J connectivity index is 1.81. The van der Waals surface area contributed by atoms with Crippen LogP contribution in [-0.4, -0.2) is 17.1 Å². The number of nitrogens with zero attached hydrogens (tertiary/aromatic N) is 2. The number of rotatable bonds is 3. The molecule has 0 saturated heterocycles. The molecule has 0 radical (unpaired) electrons. The molecule has 0 aliphatic carbocycles. The van der Waals surface area contributed by atoms with Gasteiger partial charge in [0.25, 0.3) is 0 Å². The second-order valence-electron chi connectivity index (χ2n) is 5.14. The molecule has 4 nitrogen and oxygen atoms in total. The van der Waals surface area contributed by atoms with Crippen LogP contribution in [0.5, 0.6) is 5.75 Å². The van der Waals surface area contributed by atoms with Crippen molar-refractivity contribution >= 4 is 11.1 Å². The van der Waals surface area contributed by atoms with Crippen molar-refractivity contribution in [2.24, 2.45) is 0 Å². The molecular weight excluding hydrogens is 288 g/mol. The molecule has 2 aromatic heterocycles. The fourth-order valence-electron chi connectivity index (χ4n) is 2.59. The lowest BCUT2D eigenvalue weighted by molar-refractivity contribution is 0.416. The third kappa shape index (κ3) is 2.44. The van der Waals surface area contributed by atoms with E-state index < -0.39 is 0 Å². The topological polar surface area (TPSA) is 48.2 Å². The van der Waals surface area contributed by atoms with Crippen molar-refractivity contribution in [3.8, 4) is 28.3 Å². The van der Waals surface area contributed by atoms with Gasteiger partial charge >= 0.3 is 0 Å². The van der Waals surface area contributed by atoms with E-state index in [-0.39, 0.29) is 0 Å². The molecule has 0 aliphatic heterocycles. The van der Waals surface area contributed by atoms with Crippen molar-refractivity contribution in [2.45, 2.75) is 0 Å². The van der Waals surface area contributed by atoms with Gasteiger partial charge in [-0.2, -0.15) is 0 Å². The van der Waals surface area contributed by atoms with Crippen molar-refractivity contribution in [2.75, 3.05) is 7.11 Å². The zero-order valence-corrected chi connectivity index (χ0v) is 12.6. The Morgan fingerprint density at radius 2 is 1.74 bits per heavy atom. The van der Waals surface area contributed by atoms with E-state index >= 15 is 0 Å². The van der Waals surface area contributed by atoms with E-state index in [4.69, 9.17) is 9.15 Å². The molecule has 2 aromatic carbocycles. The van der Waals surface area contributed by atoms with E-state index in [1.54, 1.807) is 19.5 Å². The molecule has 23 heavy (non-hydrogen) atoms. The molecule has 0 saturated carbocycles. The molecular formula is C19H14N2O2. The van der Waals surface area contributed by atoms with Gasteiger partial charge in [0.05, 0.1) is 7.11 Å². The second kappa shape index (κ2) is 5.57. The van der Waals surface area contributed by atoms with Gasteiger partial charge in [-0.3, -0.25) is 4.98 Å². The van der Waals surface area contributed by atoms with Crippen LogP contribution in [0.2, 0.25) is 0 Å². The van der Waals surface area contributed by atoms with E-state index in [0.717, 1.165) is 33.5 Å². The van der Waals surface area contributed by atoms with Crippen LogP contribution in [0.25, 0.3) is 33.7 Å². The molecule has 0 fully saturated rings. The van der Waals surface area contributed by atoms with Crippen LogP contribution in [0.4, 0.5) is 0 Å². The highest BCUT2D eigenvalue weighted by atomic mass is 16.5. The van der Waals surface area contributed by atoms with Gasteiger partial charge in [0, 0.05) is 23.5 Å². The summed E-state index contributed by atoms with van der Waals surface area (Å²) in [6.07, 6.45) is 3.53. The number of para-hydroxylation sites is 2. The molecule has 2 heterocycles. The van der Waals surface area contributed by atoms with Gasteiger partial charge < -0.3 is 9.15 Å². The number of fused-ring (bicyclic) bond motifs is 1. The van der Waals surface area contributed by atoms with Crippen molar-refractivity contribution in [1.29, 1.82) is 0 Å². The summed E-state index contributed by atoms with van der Waals surface area (Å²) in [4.78, 5) is 8.58. The van der Waals surface area contributed by atoms with Gasteiger partial charge in [-0.05, 0) is 48.0 Å². The summed E-state index contributed by atoms with van der Waals surface area (Å²) in [6, 6.07) is 17.6. The normalized spacial score (nSPS) is 10.8. The van der Waals surface area contributed by atoms with Crippen molar-refractivity contribution in [3.05, 3.63) is 67.0 Å². The second-order valence-corrected chi connectivity index (χ2v) is 5.14. The van der Waals surface area contributed by atoms with E-state index in [0.29, 0.717) is 5.89 Å². The first-order valence-corrected chi connectivity index (χ1v) is 7.29. The van der Waals surface area contributed by atoms with Crippen LogP contribution in [0, 0.1) is 0 Å². The van der Waals surface area contributed by atoms with Crippen LogP contribution in [0.3, 0.4) is 0 Å². The molecule has 0 spiro atoms. The first kappa shape index (κ1) is 13.5. The average molecular weight is 302 g/mol. The van der Waals surface area contributed by atoms with Gasteiger partial charge in [-0.15, -0.1) is 0 Å². The third-order valence-corrected chi connectivity index (χ3v) is 3.73. The maximum absolute atomic E-state index is 5.82. The number of pyridine rings is 1. The number of benzene rings is 2. The smallest absolute Gasteiger partial charge is 0.227 e. The first-order valence-electron chi connectivity index (χ1n) is 7.29.